The van der Waals surface area contributed by atoms with Crippen LogP contribution in [0, 0.1) is 18.8 Å². The van der Waals surface area contributed by atoms with Crippen LogP contribution in [0.5, 0.6) is 0 Å². The molecule has 0 bridgehead atoms. The molecule has 2 atom stereocenters. The molecule has 1 saturated carbocycles. The molecule has 2 unspecified atom stereocenters. The summed E-state index contributed by atoms with van der Waals surface area (Å²) < 4.78 is 0. The van der Waals surface area contributed by atoms with E-state index in [0.29, 0.717) is 17.6 Å². The fourth-order valence-electron chi connectivity index (χ4n) is 2.21. The molecule has 82 valence electrons. The van der Waals surface area contributed by atoms with Crippen LogP contribution in [0.15, 0.2) is 6.20 Å². The molecule has 0 aliphatic heterocycles. The maximum absolute atomic E-state index is 11.4. The molecule has 0 amide bonds. The third kappa shape index (κ3) is 2.65. The Morgan fingerprint density at radius 1 is 1.60 bits per heavy atom. The Kier molecular flexibility index (Phi) is 3.19. The van der Waals surface area contributed by atoms with Gasteiger partial charge >= 0.3 is 0 Å². The number of nitrogens with zero attached hydrogens (tertiary/aromatic N) is 1. The second-order valence-electron chi connectivity index (χ2n) is 4.59. The van der Waals surface area contributed by atoms with Crippen molar-refractivity contribution in [2.75, 3.05) is 0 Å². The normalized spacial score (nSPS) is 26.9. The van der Waals surface area contributed by atoms with Crippen molar-refractivity contribution >= 4 is 17.1 Å². The summed E-state index contributed by atoms with van der Waals surface area (Å²) in [6.45, 7) is 4.34. The third-order valence-corrected chi connectivity index (χ3v) is 4.21. The topological polar surface area (TPSA) is 30.0 Å². The van der Waals surface area contributed by atoms with Crippen LogP contribution < -0.4 is 0 Å². The quantitative estimate of drug-likeness (QED) is 0.771. The van der Waals surface area contributed by atoms with E-state index in [1.54, 1.807) is 11.3 Å². The number of ketones is 1. The van der Waals surface area contributed by atoms with E-state index in [1.165, 1.54) is 9.88 Å². The number of rotatable bonds is 2. The Labute approximate surface area is 94.7 Å². The van der Waals surface area contributed by atoms with E-state index >= 15 is 0 Å². The first-order chi connectivity index (χ1) is 7.15. The molecular formula is C12H17NOS. The number of carbonyl (C=O) groups is 1. The van der Waals surface area contributed by atoms with Gasteiger partial charge in [-0.3, -0.25) is 4.79 Å². The van der Waals surface area contributed by atoms with Gasteiger partial charge in [0.05, 0.1) is 5.01 Å². The maximum atomic E-state index is 11.4. The number of aromatic nitrogens is 1. The van der Waals surface area contributed by atoms with E-state index in [9.17, 15) is 4.79 Å². The number of hydrogen-bond donors (Lipinski definition) is 0. The average molecular weight is 223 g/mol. The lowest BCUT2D eigenvalue weighted by atomic mass is 9.78. The minimum absolute atomic E-state index is 0.436. The highest BCUT2D eigenvalue weighted by molar-refractivity contribution is 7.11. The van der Waals surface area contributed by atoms with Crippen molar-refractivity contribution in [3.8, 4) is 0 Å². The molecule has 0 N–H and O–H groups in total. The van der Waals surface area contributed by atoms with Gasteiger partial charge in [0.2, 0.25) is 0 Å². The van der Waals surface area contributed by atoms with Crippen molar-refractivity contribution in [1.82, 2.24) is 4.98 Å². The van der Waals surface area contributed by atoms with Crippen LogP contribution in [0.2, 0.25) is 0 Å². The molecule has 15 heavy (non-hydrogen) atoms. The average Bonchev–Trinajstić information content (AvgIpc) is 2.58. The molecule has 1 aliphatic carbocycles. The van der Waals surface area contributed by atoms with E-state index in [1.807, 2.05) is 6.20 Å². The molecule has 3 heteroatoms. The van der Waals surface area contributed by atoms with Gasteiger partial charge in [0.15, 0.2) is 0 Å². The maximum Gasteiger partial charge on any atom is 0.133 e. The van der Waals surface area contributed by atoms with Gasteiger partial charge in [-0.05, 0) is 25.2 Å². The van der Waals surface area contributed by atoms with Crippen LogP contribution in [-0.4, -0.2) is 10.8 Å². The van der Waals surface area contributed by atoms with Crippen LogP contribution in [-0.2, 0) is 11.2 Å². The molecule has 0 aromatic carbocycles. The van der Waals surface area contributed by atoms with Gasteiger partial charge in [0.1, 0.15) is 5.78 Å². The zero-order valence-corrected chi connectivity index (χ0v) is 10.1. The monoisotopic (exact) mass is 223 g/mol. The molecular weight excluding hydrogens is 206 g/mol. The number of thiazole rings is 1. The van der Waals surface area contributed by atoms with E-state index in [0.717, 1.165) is 25.7 Å². The molecule has 1 aromatic heterocycles. The predicted octanol–water partition coefficient (Wildman–Crippen LogP) is 3.00. The van der Waals surface area contributed by atoms with Gasteiger partial charge in [-0.1, -0.05) is 6.92 Å². The van der Waals surface area contributed by atoms with Crippen LogP contribution in [0.4, 0.5) is 0 Å². The summed E-state index contributed by atoms with van der Waals surface area (Å²) in [6.07, 6.45) is 5.53. The molecule has 1 fully saturated rings. The van der Waals surface area contributed by atoms with E-state index in [-0.39, 0.29) is 0 Å². The number of aryl methyl sites for hydroxylation is 1. The minimum Gasteiger partial charge on any atom is -0.300 e. The molecule has 2 rings (SSSR count). The Bertz CT molecular complexity index is 358. The SMILES string of the molecule is Cc1cnc(CC2CC(=O)CCC2C)s1. The van der Waals surface area contributed by atoms with Crippen molar-refractivity contribution in [3.05, 3.63) is 16.1 Å². The van der Waals surface area contributed by atoms with Crippen LogP contribution in [0.3, 0.4) is 0 Å². The van der Waals surface area contributed by atoms with Gasteiger partial charge in [-0.15, -0.1) is 11.3 Å². The van der Waals surface area contributed by atoms with Crippen LogP contribution in [0.1, 0.15) is 36.1 Å². The highest BCUT2D eigenvalue weighted by Gasteiger charge is 2.26. The summed E-state index contributed by atoms with van der Waals surface area (Å²) in [5.41, 5.74) is 0. The summed E-state index contributed by atoms with van der Waals surface area (Å²) in [5, 5.41) is 1.19. The van der Waals surface area contributed by atoms with Crippen molar-refractivity contribution in [2.24, 2.45) is 11.8 Å². The largest absolute Gasteiger partial charge is 0.300 e. The second kappa shape index (κ2) is 4.44. The fourth-order valence-corrected chi connectivity index (χ4v) is 3.09. The lowest BCUT2D eigenvalue weighted by Crippen LogP contribution is -2.24. The highest BCUT2D eigenvalue weighted by Crippen LogP contribution is 2.31. The first-order valence-electron chi connectivity index (χ1n) is 5.58. The number of hydrogen-bond acceptors (Lipinski definition) is 3. The lowest BCUT2D eigenvalue weighted by Gasteiger charge is -2.27. The summed E-state index contributed by atoms with van der Waals surface area (Å²) >= 11 is 1.76. The minimum atomic E-state index is 0.436. The van der Waals surface area contributed by atoms with Gasteiger partial charge in [0, 0.05) is 30.3 Å². The first kappa shape index (κ1) is 10.8. The zero-order chi connectivity index (χ0) is 10.8. The molecule has 1 aromatic rings. The third-order valence-electron chi connectivity index (χ3n) is 3.28. The summed E-state index contributed by atoms with van der Waals surface area (Å²) in [5.74, 6) is 1.63. The molecule has 2 nitrogen and oxygen atoms in total. The van der Waals surface area contributed by atoms with Crippen LogP contribution in [0.25, 0.3) is 0 Å². The Balaban J connectivity index is 2.01. The van der Waals surface area contributed by atoms with Gasteiger partial charge < -0.3 is 0 Å². The Hall–Kier alpha value is -0.700. The van der Waals surface area contributed by atoms with Gasteiger partial charge in [0.25, 0.3) is 0 Å². The highest BCUT2D eigenvalue weighted by atomic mass is 32.1. The molecule has 0 saturated heterocycles. The van der Waals surface area contributed by atoms with Gasteiger partial charge in [-0.25, -0.2) is 4.98 Å². The van der Waals surface area contributed by atoms with Crippen molar-refractivity contribution < 1.29 is 4.79 Å². The standard InChI is InChI=1S/C12H17NOS/c1-8-3-4-11(14)5-10(8)6-12-13-7-9(2)15-12/h7-8,10H,3-6H2,1-2H3. The Morgan fingerprint density at radius 2 is 2.40 bits per heavy atom. The first-order valence-corrected chi connectivity index (χ1v) is 6.40. The summed E-state index contributed by atoms with van der Waals surface area (Å²) in [7, 11) is 0. The Morgan fingerprint density at radius 3 is 3.07 bits per heavy atom. The van der Waals surface area contributed by atoms with Crippen molar-refractivity contribution in [2.45, 2.75) is 39.5 Å². The molecule has 0 spiro atoms. The van der Waals surface area contributed by atoms with E-state index < -0.39 is 0 Å². The van der Waals surface area contributed by atoms with Crippen LogP contribution >= 0.6 is 11.3 Å². The molecule has 1 aliphatic rings. The molecule has 0 radical (unpaired) electrons. The zero-order valence-electron chi connectivity index (χ0n) is 9.32. The lowest BCUT2D eigenvalue weighted by molar-refractivity contribution is -0.122. The number of Topliss-reactive ketones (excluding diaryl/α,β-unsaturated/α-hetero) is 1. The summed E-state index contributed by atoms with van der Waals surface area (Å²) in [4.78, 5) is 17.0. The molecule has 1 heterocycles. The summed E-state index contributed by atoms with van der Waals surface area (Å²) in [6, 6.07) is 0. The van der Waals surface area contributed by atoms with E-state index in [4.69, 9.17) is 0 Å². The smallest absolute Gasteiger partial charge is 0.133 e. The van der Waals surface area contributed by atoms with Crippen molar-refractivity contribution in [3.63, 3.8) is 0 Å². The second-order valence-corrected chi connectivity index (χ2v) is 5.91. The predicted molar refractivity (Wildman–Crippen MR) is 62.1 cm³/mol. The van der Waals surface area contributed by atoms with E-state index in [2.05, 4.69) is 18.8 Å². The number of carbonyl (C=O) groups excluding carboxylic acids is 1. The fraction of sp³-hybridized carbons (Fsp3) is 0.667. The van der Waals surface area contributed by atoms with Gasteiger partial charge in [-0.2, -0.15) is 0 Å². The van der Waals surface area contributed by atoms with Crippen molar-refractivity contribution in [1.29, 1.82) is 0 Å².